The van der Waals surface area contributed by atoms with Crippen LogP contribution in [0.15, 0.2) is 36.5 Å². The largest absolute Gasteiger partial charge is 0.466 e. The van der Waals surface area contributed by atoms with Crippen LogP contribution in [0.4, 0.5) is 0 Å². The minimum Gasteiger partial charge on any atom is -0.466 e. The number of nitrogens with one attached hydrogen (secondary N) is 1. The van der Waals surface area contributed by atoms with Gasteiger partial charge in [0.2, 0.25) is 5.91 Å². The standard InChI is InChI=1S/C72H137NO5/c1-3-5-7-9-11-13-15-17-18-19-35-38-41-44-48-52-56-60-64-70(75)69(68-74)73-71(76)65-61-57-53-49-45-42-39-36-33-31-29-27-25-23-21-20-22-24-26-28-30-32-34-37-40-43-47-51-55-59-63-67-78-72(77)66-62-58-54-50-46-16-14-12-10-8-6-4-2/h12,14,22,24,28,30,69-70,74-75H,3-11,13,15-21,23,25-27,29,31-68H2,1-2H3,(H,73,76)/b14-12-,24-22-,30-28-. The molecule has 3 N–H and O–H groups in total. The summed E-state index contributed by atoms with van der Waals surface area (Å²) in [5, 5.41) is 23.4. The molecular formula is C72H137NO5. The van der Waals surface area contributed by atoms with E-state index in [4.69, 9.17) is 4.74 Å². The highest BCUT2D eigenvalue weighted by atomic mass is 16.5. The maximum Gasteiger partial charge on any atom is 0.305 e. The van der Waals surface area contributed by atoms with Crippen molar-refractivity contribution in [1.82, 2.24) is 5.32 Å². The molecule has 0 aromatic rings. The predicted octanol–water partition coefficient (Wildman–Crippen LogP) is 22.7. The predicted molar refractivity (Wildman–Crippen MR) is 343 cm³/mol. The average molecular weight is 1100 g/mol. The summed E-state index contributed by atoms with van der Waals surface area (Å²) in [6, 6.07) is -0.542. The first-order valence-electron chi connectivity index (χ1n) is 35.2. The number of esters is 1. The lowest BCUT2D eigenvalue weighted by atomic mass is 10.0. The molecule has 0 aliphatic rings. The SMILES string of the molecule is CCCCC/C=C\CCCCCCCC(=O)OCCCCCCCCCCC/C=C\C/C=C\CCCCCCCCCCCCCCCCCC(=O)NC(CO)C(O)CCCCCCCCCCCCCCCCCCCC. The summed E-state index contributed by atoms with van der Waals surface area (Å²) in [4.78, 5) is 24.5. The molecule has 0 fully saturated rings. The van der Waals surface area contributed by atoms with E-state index in [1.807, 2.05) is 0 Å². The Labute approximate surface area is 487 Å². The number of ether oxygens (including phenoxy) is 1. The van der Waals surface area contributed by atoms with E-state index in [-0.39, 0.29) is 18.5 Å². The van der Waals surface area contributed by atoms with Crippen molar-refractivity contribution < 1.29 is 24.5 Å². The number of amides is 1. The molecule has 0 radical (unpaired) electrons. The molecule has 0 saturated carbocycles. The van der Waals surface area contributed by atoms with E-state index in [1.54, 1.807) is 0 Å². The molecule has 6 nitrogen and oxygen atoms in total. The van der Waals surface area contributed by atoms with Gasteiger partial charge in [0, 0.05) is 12.8 Å². The Kier molecular flexibility index (Phi) is 65.9. The van der Waals surface area contributed by atoms with Crippen LogP contribution in [-0.2, 0) is 14.3 Å². The quantitative estimate of drug-likeness (QED) is 0.0320. The van der Waals surface area contributed by atoms with E-state index in [1.165, 1.54) is 302 Å². The van der Waals surface area contributed by atoms with Gasteiger partial charge in [0.1, 0.15) is 0 Å². The lowest BCUT2D eigenvalue weighted by Crippen LogP contribution is -2.45. The third kappa shape index (κ3) is 63.3. The summed E-state index contributed by atoms with van der Waals surface area (Å²) >= 11 is 0. The zero-order chi connectivity index (χ0) is 56.4. The molecule has 78 heavy (non-hydrogen) atoms. The fourth-order valence-corrected chi connectivity index (χ4v) is 11.0. The van der Waals surface area contributed by atoms with Gasteiger partial charge < -0.3 is 20.3 Å². The molecule has 0 aliphatic heterocycles. The van der Waals surface area contributed by atoms with Crippen LogP contribution in [0.25, 0.3) is 0 Å². The first-order chi connectivity index (χ1) is 38.5. The second-order valence-electron chi connectivity index (χ2n) is 24.2. The van der Waals surface area contributed by atoms with Crippen molar-refractivity contribution in [2.75, 3.05) is 13.2 Å². The molecule has 0 rings (SSSR count). The Balaban J connectivity index is 3.40. The maximum absolute atomic E-state index is 12.5. The van der Waals surface area contributed by atoms with Crippen molar-refractivity contribution in [3.8, 4) is 0 Å². The number of allylic oxidation sites excluding steroid dienone is 6. The summed E-state index contributed by atoms with van der Waals surface area (Å²) in [6.07, 6.45) is 86.2. The normalized spacial score (nSPS) is 12.7. The minimum atomic E-state index is -0.664. The topological polar surface area (TPSA) is 95.9 Å². The van der Waals surface area contributed by atoms with E-state index < -0.39 is 12.1 Å². The second kappa shape index (κ2) is 67.6. The molecular weight excluding hydrogens is 959 g/mol. The highest BCUT2D eigenvalue weighted by molar-refractivity contribution is 5.76. The van der Waals surface area contributed by atoms with E-state index in [9.17, 15) is 19.8 Å². The Morgan fingerprint density at radius 2 is 0.641 bits per heavy atom. The van der Waals surface area contributed by atoms with Crippen LogP contribution in [0.3, 0.4) is 0 Å². The number of carbonyl (C=O) groups excluding carboxylic acids is 2. The van der Waals surface area contributed by atoms with E-state index in [2.05, 4.69) is 55.6 Å². The van der Waals surface area contributed by atoms with Crippen molar-refractivity contribution >= 4 is 11.9 Å². The highest BCUT2D eigenvalue weighted by Crippen LogP contribution is 2.18. The Morgan fingerprint density at radius 1 is 0.359 bits per heavy atom. The van der Waals surface area contributed by atoms with Gasteiger partial charge in [0.25, 0.3) is 0 Å². The van der Waals surface area contributed by atoms with E-state index in [0.29, 0.717) is 25.9 Å². The monoisotopic (exact) mass is 1100 g/mol. The molecule has 0 heterocycles. The van der Waals surface area contributed by atoms with Crippen LogP contribution in [0, 0.1) is 0 Å². The van der Waals surface area contributed by atoms with Crippen molar-refractivity contribution in [3.63, 3.8) is 0 Å². The maximum atomic E-state index is 12.5. The number of hydrogen-bond acceptors (Lipinski definition) is 5. The molecule has 0 saturated heterocycles. The summed E-state index contributed by atoms with van der Waals surface area (Å²) in [5.74, 6) is -0.0276. The molecule has 2 unspecified atom stereocenters. The van der Waals surface area contributed by atoms with Crippen molar-refractivity contribution in [1.29, 1.82) is 0 Å². The first-order valence-corrected chi connectivity index (χ1v) is 35.2. The molecule has 6 heteroatoms. The van der Waals surface area contributed by atoms with Gasteiger partial charge in [-0.25, -0.2) is 0 Å². The number of carbonyl (C=O) groups is 2. The van der Waals surface area contributed by atoms with E-state index >= 15 is 0 Å². The lowest BCUT2D eigenvalue weighted by molar-refractivity contribution is -0.143. The van der Waals surface area contributed by atoms with Gasteiger partial charge in [0.05, 0.1) is 25.4 Å². The third-order valence-electron chi connectivity index (χ3n) is 16.4. The number of rotatable bonds is 66. The zero-order valence-electron chi connectivity index (χ0n) is 52.7. The van der Waals surface area contributed by atoms with E-state index in [0.717, 1.165) is 51.4 Å². The Morgan fingerprint density at radius 3 is 1.01 bits per heavy atom. The lowest BCUT2D eigenvalue weighted by Gasteiger charge is -2.22. The number of unbranched alkanes of at least 4 members (excludes halogenated alkanes) is 49. The van der Waals surface area contributed by atoms with Gasteiger partial charge in [-0.2, -0.15) is 0 Å². The molecule has 0 aliphatic carbocycles. The smallest absolute Gasteiger partial charge is 0.305 e. The first kappa shape index (κ1) is 76.1. The van der Waals surface area contributed by atoms with Crippen LogP contribution >= 0.6 is 0 Å². The fourth-order valence-electron chi connectivity index (χ4n) is 11.0. The van der Waals surface area contributed by atoms with Gasteiger partial charge in [-0.3, -0.25) is 9.59 Å². The zero-order valence-corrected chi connectivity index (χ0v) is 52.7. The highest BCUT2D eigenvalue weighted by Gasteiger charge is 2.20. The average Bonchev–Trinajstić information content (AvgIpc) is 3.44. The fraction of sp³-hybridized carbons (Fsp3) is 0.889. The molecule has 0 bridgehead atoms. The van der Waals surface area contributed by atoms with Gasteiger partial charge in [-0.05, 0) is 83.5 Å². The second-order valence-corrected chi connectivity index (χ2v) is 24.2. The minimum absolute atomic E-state index is 0.00334. The van der Waals surface area contributed by atoms with Crippen LogP contribution in [-0.4, -0.2) is 47.4 Å². The van der Waals surface area contributed by atoms with Gasteiger partial charge >= 0.3 is 5.97 Å². The van der Waals surface area contributed by atoms with Crippen molar-refractivity contribution in [3.05, 3.63) is 36.5 Å². The van der Waals surface area contributed by atoms with Gasteiger partial charge in [-0.15, -0.1) is 0 Å². The summed E-state index contributed by atoms with van der Waals surface area (Å²) < 4.78 is 5.47. The van der Waals surface area contributed by atoms with Gasteiger partial charge in [0.15, 0.2) is 0 Å². The third-order valence-corrected chi connectivity index (χ3v) is 16.4. The van der Waals surface area contributed by atoms with Crippen LogP contribution < -0.4 is 5.32 Å². The molecule has 0 aromatic heterocycles. The summed E-state index contributed by atoms with van der Waals surface area (Å²) in [5.41, 5.74) is 0. The van der Waals surface area contributed by atoms with Crippen molar-refractivity contribution in [2.24, 2.45) is 0 Å². The van der Waals surface area contributed by atoms with Crippen LogP contribution in [0.1, 0.15) is 386 Å². The Hall–Kier alpha value is -1.92. The van der Waals surface area contributed by atoms with Crippen LogP contribution in [0.2, 0.25) is 0 Å². The molecule has 1 amide bonds. The summed E-state index contributed by atoms with van der Waals surface area (Å²) in [6.45, 7) is 4.95. The number of aliphatic hydroxyl groups excluding tert-OH is 2. The number of aliphatic hydroxyl groups is 2. The molecule has 460 valence electrons. The van der Waals surface area contributed by atoms with Crippen LogP contribution in [0.5, 0.6) is 0 Å². The van der Waals surface area contributed by atoms with Crippen molar-refractivity contribution in [2.45, 2.75) is 398 Å². The number of hydrogen-bond donors (Lipinski definition) is 3. The molecule has 2 atom stereocenters. The van der Waals surface area contributed by atoms with Gasteiger partial charge in [-0.1, -0.05) is 326 Å². The Bertz CT molecular complexity index is 1260. The molecule has 0 spiro atoms. The summed E-state index contributed by atoms with van der Waals surface area (Å²) in [7, 11) is 0. The molecule has 0 aromatic carbocycles.